The second-order valence-electron chi connectivity index (χ2n) is 7.57. The van der Waals surface area contributed by atoms with Crippen molar-refractivity contribution in [3.8, 4) is 28.2 Å². The Morgan fingerprint density at radius 2 is 1.31 bits per heavy atom. The van der Waals surface area contributed by atoms with E-state index in [-0.39, 0.29) is 5.28 Å². The van der Waals surface area contributed by atoms with Crippen LogP contribution in [0.1, 0.15) is 0 Å². The predicted octanol–water partition coefficient (Wildman–Crippen LogP) is 6.96. The third-order valence-electron chi connectivity index (χ3n) is 5.65. The normalized spacial score (nSPS) is 11.3. The van der Waals surface area contributed by atoms with Gasteiger partial charge in [-0.15, -0.1) is 0 Å². The summed E-state index contributed by atoms with van der Waals surface area (Å²) in [6, 6.07) is 30.8. The average molecular weight is 433 g/mol. The van der Waals surface area contributed by atoms with E-state index < -0.39 is 0 Å². The van der Waals surface area contributed by atoms with Gasteiger partial charge in [0.15, 0.2) is 0 Å². The van der Waals surface area contributed by atoms with Gasteiger partial charge in [0.2, 0.25) is 5.28 Å². The molecule has 0 saturated carbocycles. The molecular formula is C27H17ClN4. The first-order chi connectivity index (χ1) is 15.8. The molecule has 32 heavy (non-hydrogen) atoms. The van der Waals surface area contributed by atoms with Crippen LogP contribution in [-0.2, 0) is 0 Å². The van der Waals surface area contributed by atoms with Crippen LogP contribution in [0.15, 0.2) is 103 Å². The summed E-state index contributed by atoms with van der Waals surface area (Å²) in [5, 5.41) is 2.44. The van der Waals surface area contributed by atoms with E-state index in [1.54, 1.807) is 0 Å². The summed E-state index contributed by atoms with van der Waals surface area (Å²) in [5.41, 5.74) is 6.92. The van der Waals surface area contributed by atoms with Crippen molar-refractivity contribution in [3.63, 3.8) is 0 Å². The lowest BCUT2D eigenvalue weighted by molar-refractivity contribution is 1.17. The minimum absolute atomic E-state index is 0.231. The topological polar surface area (TPSA) is 43.6 Å². The molecule has 0 unspecified atom stereocenters. The van der Waals surface area contributed by atoms with Crippen molar-refractivity contribution < 1.29 is 0 Å². The van der Waals surface area contributed by atoms with Crippen molar-refractivity contribution in [1.29, 1.82) is 0 Å². The Hall–Kier alpha value is -4.02. The number of nitrogens with zero attached hydrogens (tertiary/aromatic N) is 4. The van der Waals surface area contributed by atoms with E-state index in [9.17, 15) is 0 Å². The fourth-order valence-electron chi connectivity index (χ4n) is 4.20. The Balaban J connectivity index is 1.58. The minimum atomic E-state index is 0.231. The quantitative estimate of drug-likeness (QED) is 0.284. The van der Waals surface area contributed by atoms with E-state index >= 15 is 0 Å². The lowest BCUT2D eigenvalue weighted by atomic mass is 10.1. The zero-order valence-corrected chi connectivity index (χ0v) is 17.7. The van der Waals surface area contributed by atoms with E-state index in [0.717, 1.165) is 50.0 Å². The number of rotatable bonds is 3. The minimum Gasteiger partial charge on any atom is -0.309 e. The molecule has 0 spiro atoms. The van der Waals surface area contributed by atoms with Gasteiger partial charge in [0.25, 0.3) is 0 Å². The molecule has 5 heteroatoms. The van der Waals surface area contributed by atoms with E-state index in [2.05, 4.69) is 68.0 Å². The van der Waals surface area contributed by atoms with E-state index in [1.165, 1.54) is 0 Å². The van der Waals surface area contributed by atoms with Crippen LogP contribution in [0, 0.1) is 0 Å². The zero-order valence-electron chi connectivity index (χ0n) is 17.0. The second kappa shape index (κ2) is 7.59. The van der Waals surface area contributed by atoms with E-state index in [1.807, 2.05) is 54.9 Å². The van der Waals surface area contributed by atoms with E-state index in [4.69, 9.17) is 11.6 Å². The number of pyridine rings is 1. The molecule has 0 atom stereocenters. The van der Waals surface area contributed by atoms with Crippen LogP contribution >= 0.6 is 11.6 Å². The van der Waals surface area contributed by atoms with Crippen LogP contribution in [0.5, 0.6) is 0 Å². The molecule has 0 aliphatic rings. The Morgan fingerprint density at radius 1 is 0.625 bits per heavy atom. The molecule has 0 amide bonds. The predicted molar refractivity (Wildman–Crippen MR) is 130 cm³/mol. The van der Waals surface area contributed by atoms with Crippen LogP contribution in [-0.4, -0.2) is 19.5 Å². The van der Waals surface area contributed by atoms with Gasteiger partial charge in [0.1, 0.15) is 0 Å². The molecular weight excluding hydrogens is 416 g/mol. The number of fused-ring (bicyclic) bond motifs is 3. The molecule has 0 aliphatic carbocycles. The second-order valence-corrected chi connectivity index (χ2v) is 7.91. The van der Waals surface area contributed by atoms with Gasteiger partial charge in [-0.1, -0.05) is 54.6 Å². The maximum atomic E-state index is 6.31. The van der Waals surface area contributed by atoms with Gasteiger partial charge >= 0.3 is 0 Å². The maximum Gasteiger partial charge on any atom is 0.223 e. The molecule has 0 radical (unpaired) electrons. The van der Waals surface area contributed by atoms with E-state index in [0.29, 0.717) is 0 Å². The van der Waals surface area contributed by atoms with Gasteiger partial charge in [-0.2, -0.15) is 0 Å². The highest BCUT2D eigenvalue weighted by Gasteiger charge is 2.14. The molecule has 6 rings (SSSR count). The Kier molecular flexibility index (Phi) is 4.44. The molecule has 152 valence electrons. The molecule has 0 N–H and O–H groups in total. The first kappa shape index (κ1) is 18.7. The number of benzene rings is 3. The van der Waals surface area contributed by atoms with Gasteiger partial charge in [-0.25, -0.2) is 9.97 Å². The Bertz CT molecular complexity index is 1570. The van der Waals surface area contributed by atoms with Crippen LogP contribution in [0.25, 0.3) is 50.0 Å². The summed E-state index contributed by atoms with van der Waals surface area (Å²) in [7, 11) is 0. The third-order valence-corrected chi connectivity index (χ3v) is 5.81. The van der Waals surface area contributed by atoms with Crippen molar-refractivity contribution in [1.82, 2.24) is 19.5 Å². The highest BCUT2D eigenvalue weighted by Crippen LogP contribution is 2.34. The highest BCUT2D eigenvalue weighted by molar-refractivity contribution is 6.28. The van der Waals surface area contributed by atoms with Gasteiger partial charge < -0.3 is 4.57 Å². The number of hydrogen-bond acceptors (Lipinski definition) is 3. The van der Waals surface area contributed by atoms with Crippen LogP contribution in [0.3, 0.4) is 0 Å². The fourth-order valence-corrected chi connectivity index (χ4v) is 4.39. The first-order valence-electron chi connectivity index (χ1n) is 10.3. The summed E-state index contributed by atoms with van der Waals surface area (Å²) in [6.45, 7) is 0. The zero-order chi connectivity index (χ0) is 21.5. The van der Waals surface area contributed by atoms with Crippen molar-refractivity contribution in [3.05, 3.63) is 109 Å². The van der Waals surface area contributed by atoms with Crippen molar-refractivity contribution >= 4 is 33.4 Å². The van der Waals surface area contributed by atoms with Gasteiger partial charge in [0.05, 0.1) is 22.4 Å². The van der Waals surface area contributed by atoms with Crippen molar-refractivity contribution in [2.24, 2.45) is 0 Å². The SMILES string of the molecule is Clc1nc(-c2ccccc2)cc(-c2ccc3c(c2)c2cnccc2n3-c2ccccc2)n1. The number of aromatic nitrogens is 4. The summed E-state index contributed by atoms with van der Waals surface area (Å²) < 4.78 is 2.26. The molecule has 3 aromatic heterocycles. The molecule has 0 saturated heterocycles. The monoisotopic (exact) mass is 432 g/mol. The standard InChI is InChI=1S/C27H17ClN4/c28-27-30-23(18-7-3-1-4-8-18)16-24(31-27)19-11-12-25-21(15-19)22-17-29-14-13-26(22)32(25)20-9-5-2-6-10-20/h1-17H. The van der Waals surface area contributed by atoms with Crippen molar-refractivity contribution in [2.45, 2.75) is 0 Å². The van der Waals surface area contributed by atoms with Gasteiger partial charge in [-0.05, 0) is 48.0 Å². The average Bonchev–Trinajstić information content (AvgIpc) is 3.18. The van der Waals surface area contributed by atoms with Crippen molar-refractivity contribution in [2.75, 3.05) is 0 Å². The molecule has 0 bridgehead atoms. The number of hydrogen-bond donors (Lipinski definition) is 0. The Morgan fingerprint density at radius 3 is 2.09 bits per heavy atom. The summed E-state index contributed by atoms with van der Waals surface area (Å²) in [6.07, 6.45) is 3.75. The van der Waals surface area contributed by atoms with Gasteiger partial charge in [0, 0.05) is 40.0 Å². The molecule has 3 heterocycles. The summed E-state index contributed by atoms with van der Waals surface area (Å²) in [4.78, 5) is 13.3. The highest BCUT2D eigenvalue weighted by atomic mass is 35.5. The van der Waals surface area contributed by atoms with Crippen LogP contribution in [0.2, 0.25) is 5.28 Å². The molecule has 4 nitrogen and oxygen atoms in total. The van der Waals surface area contributed by atoms with Crippen LogP contribution in [0.4, 0.5) is 0 Å². The maximum absolute atomic E-state index is 6.31. The Labute approximate surface area is 189 Å². The largest absolute Gasteiger partial charge is 0.309 e. The first-order valence-corrected chi connectivity index (χ1v) is 10.7. The fraction of sp³-hybridized carbons (Fsp3) is 0. The molecule has 0 fully saturated rings. The number of halogens is 1. The molecule has 3 aromatic carbocycles. The lowest BCUT2D eigenvalue weighted by Gasteiger charge is -2.08. The van der Waals surface area contributed by atoms with Gasteiger partial charge in [-0.3, -0.25) is 4.98 Å². The molecule has 6 aromatic rings. The van der Waals surface area contributed by atoms with Crippen LogP contribution < -0.4 is 0 Å². The number of para-hydroxylation sites is 1. The summed E-state index contributed by atoms with van der Waals surface area (Å²) in [5.74, 6) is 0. The third kappa shape index (κ3) is 3.13. The summed E-state index contributed by atoms with van der Waals surface area (Å²) >= 11 is 6.31. The molecule has 0 aliphatic heterocycles. The lowest BCUT2D eigenvalue weighted by Crippen LogP contribution is -1.94. The smallest absolute Gasteiger partial charge is 0.223 e.